The first-order valence-corrected chi connectivity index (χ1v) is 14.9. The Kier molecular flexibility index (Phi) is 6.82. The van der Waals surface area contributed by atoms with Crippen LogP contribution in [0.25, 0.3) is 0 Å². The Morgan fingerprint density at radius 2 is 1.81 bits per heavy atom. The summed E-state index contributed by atoms with van der Waals surface area (Å²) in [5.41, 5.74) is 0.380. The fourth-order valence-electron chi connectivity index (χ4n) is 7.53. The second-order valence-electron chi connectivity index (χ2n) is 11.9. The molecule has 2 N–H and O–H groups in total. The molecule has 4 fully saturated rings. The van der Waals surface area contributed by atoms with Crippen molar-refractivity contribution in [2.24, 2.45) is 0 Å². The summed E-state index contributed by atoms with van der Waals surface area (Å²) >= 11 is 0. The van der Waals surface area contributed by atoms with E-state index in [1.54, 1.807) is 19.4 Å². The van der Waals surface area contributed by atoms with Crippen LogP contribution in [0.3, 0.4) is 0 Å². The first-order valence-electron chi connectivity index (χ1n) is 14.9. The van der Waals surface area contributed by atoms with E-state index < -0.39 is 23.7 Å². The van der Waals surface area contributed by atoms with E-state index in [1.807, 2.05) is 0 Å². The lowest BCUT2D eigenvalue weighted by Crippen LogP contribution is -2.46. The van der Waals surface area contributed by atoms with Crippen molar-refractivity contribution in [3.8, 4) is 0 Å². The Bertz CT molecular complexity index is 1400. The van der Waals surface area contributed by atoms with Crippen LogP contribution in [0.2, 0.25) is 0 Å². The molecule has 3 saturated heterocycles. The molecule has 1 spiro atoms. The molecule has 6 heterocycles. The van der Waals surface area contributed by atoms with Crippen LogP contribution in [0.5, 0.6) is 0 Å². The molecule has 5 aliphatic rings. The molecule has 230 valence electrons. The highest BCUT2D eigenvalue weighted by molar-refractivity contribution is 6.13. The highest BCUT2D eigenvalue weighted by atomic mass is 19.4. The van der Waals surface area contributed by atoms with E-state index in [1.165, 1.54) is 4.90 Å². The number of hydrogen-bond donors (Lipinski definition) is 2. The zero-order valence-electron chi connectivity index (χ0n) is 23.9. The minimum atomic E-state index is -4.45. The van der Waals surface area contributed by atoms with Crippen molar-refractivity contribution in [1.29, 1.82) is 5.41 Å². The SMILES string of the molecule is CNc1nc(COC(=N)N2CCC[C@@H]2C(F)(F)F)nc2c1C1(CCCC1)C(=O)N2c1cnc(N2C3CCC2COC3)nc1. The molecular formula is C28H34F3N9O3. The molecule has 1 aliphatic carbocycles. The molecule has 15 heteroatoms. The second-order valence-corrected chi connectivity index (χ2v) is 11.9. The molecule has 2 aromatic rings. The van der Waals surface area contributed by atoms with Gasteiger partial charge in [0.15, 0.2) is 12.4 Å². The van der Waals surface area contributed by atoms with Crippen LogP contribution >= 0.6 is 0 Å². The Hall–Kier alpha value is -3.75. The van der Waals surface area contributed by atoms with Crippen molar-refractivity contribution in [3.63, 3.8) is 0 Å². The molecule has 1 saturated carbocycles. The van der Waals surface area contributed by atoms with Crippen molar-refractivity contribution >= 4 is 35.2 Å². The van der Waals surface area contributed by atoms with Gasteiger partial charge in [-0.05, 0) is 38.5 Å². The number of hydrogen-bond acceptors (Lipinski definition) is 10. The van der Waals surface area contributed by atoms with Gasteiger partial charge in [-0.25, -0.2) is 19.9 Å². The van der Waals surface area contributed by atoms with Gasteiger partial charge in [-0.1, -0.05) is 12.8 Å². The van der Waals surface area contributed by atoms with Gasteiger partial charge >= 0.3 is 6.18 Å². The maximum atomic E-state index is 14.2. The Balaban J connectivity index is 1.19. The van der Waals surface area contributed by atoms with Crippen molar-refractivity contribution in [3.05, 3.63) is 23.8 Å². The maximum Gasteiger partial charge on any atom is 0.408 e. The first kappa shape index (κ1) is 28.0. The van der Waals surface area contributed by atoms with Gasteiger partial charge in [0, 0.05) is 13.6 Å². The zero-order valence-corrected chi connectivity index (χ0v) is 23.9. The van der Waals surface area contributed by atoms with Crippen LogP contribution in [0.4, 0.5) is 36.4 Å². The number of carbonyl (C=O) groups excluding carboxylic acids is 1. The predicted molar refractivity (Wildman–Crippen MR) is 149 cm³/mol. The summed E-state index contributed by atoms with van der Waals surface area (Å²) in [4.78, 5) is 37.5. The first-order chi connectivity index (χ1) is 20.7. The summed E-state index contributed by atoms with van der Waals surface area (Å²) in [5, 5.41) is 11.3. The third-order valence-electron chi connectivity index (χ3n) is 9.52. The summed E-state index contributed by atoms with van der Waals surface area (Å²) in [6.45, 7) is 1.04. The van der Waals surface area contributed by atoms with E-state index in [9.17, 15) is 18.0 Å². The highest BCUT2D eigenvalue weighted by Gasteiger charge is 2.56. The highest BCUT2D eigenvalue weighted by Crippen LogP contribution is 2.54. The molecule has 3 atom stereocenters. The fraction of sp³-hybridized carbons (Fsp3) is 0.643. The van der Waals surface area contributed by atoms with Gasteiger partial charge < -0.3 is 24.6 Å². The van der Waals surface area contributed by atoms with Gasteiger partial charge in [0.2, 0.25) is 11.9 Å². The number of rotatable bonds is 5. The van der Waals surface area contributed by atoms with E-state index in [0.717, 1.165) is 30.6 Å². The number of fused-ring (bicyclic) bond motifs is 4. The van der Waals surface area contributed by atoms with Gasteiger partial charge in [-0.2, -0.15) is 13.2 Å². The Morgan fingerprint density at radius 1 is 1.12 bits per heavy atom. The van der Waals surface area contributed by atoms with Gasteiger partial charge in [0.25, 0.3) is 6.02 Å². The summed E-state index contributed by atoms with van der Waals surface area (Å²) in [6.07, 6.45) is 4.19. The third kappa shape index (κ3) is 4.54. The summed E-state index contributed by atoms with van der Waals surface area (Å²) in [7, 11) is 1.71. The molecule has 12 nitrogen and oxygen atoms in total. The number of amidine groups is 1. The van der Waals surface area contributed by atoms with Crippen molar-refractivity contribution in [2.75, 3.05) is 41.9 Å². The Morgan fingerprint density at radius 3 is 2.47 bits per heavy atom. The number of alkyl halides is 3. The standard InChI is InChI=1S/C28H34F3N9O3/c1-33-22-21-23(37-20(36-22)15-43-25(32)38-10-4-5-19(38)28(29,30)31)40(24(41)27(21)8-2-3-9-27)18-11-34-26(35-12-18)39-16-6-7-17(39)14-42-13-16/h11-12,16-17,19,32H,2-10,13-15H2,1H3,(H,33,36,37)/t16?,17?,19-/m1/s1. The largest absolute Gasteiger partial charge is 0.457 e. The molecule has 1 amide bonds. The van der Waals surface area contributed by atoms with Gasteiger partial charge in [-0.3, -0.25) is 15.1 Å². The van der Waals surface area contributed by atoms with Crippen LogP contribution in [-0.4, -0.2) is 87.9 Å². The normalized spacial score (nSPS) is 26.0. The number of nitrogens with zero attached hydrogens (tertiary/aromatic N) is 7. The van der Waals surface area contributed by atoms with E-state index >= 15 is 0 Å². The number of anilines is 4. The van der Waals surface area contributed by atoms with Crippen LogP contribution < -0.4 is 15.1 Å². The smallest absolute Gasteiger partial charge is 0.408 e. The third-order valence-corrected chi connectivity index (χ3v) is 9.52. The topological polar surface area (TPSA) is 133 Å². The van der Waals surface area contributed by atoms with Crippen LogP contribution in [0.1, 0.15) is 62.8 Å². The molecule has 2 unspecified atom stereocenters. The number of aromatic nitrogens is 4. The molecule has 2 aromatic heterocycles. The molecular weight excluding hydrogens is 567 g/mol. The monoisotopic (exact) mass is 601 g/mol. The summed E-state index contributed by atoms with van der Waals surface area (Å²) < 4.78 is 51.6. The van der Waals surface area contributed by atoms with Crippen molar-refractivity contribution in [2.45, 2.75) is 87.7 Å². The zero-order chi connectivity index (χ0) is 29.9. The average molecular weight is 602 g/mol. The number of ether oxygens (including phenoxy) is 2. The van der Waals surface area contributed by atoms with Gasteiger partial charge in [0.05, 0.1) is 54.4 Å². The molecule has 0 aromatic carbocycles. The molecule has 43 heavy (non-hydrogen) atoms. The van der Waals surface area contributed by atoms with Crippen molar-refractivity contribution < 1.29 is 27.4 Å². The number of likely N-dealkylation sites (tertiary alicyclic amines) is 1. The minimum absolute atomic E-state index is 0.0820. The predicted octanol–water partition coefficient (Wildman–Crippen LogP) is 3.64. The van der Waals surface area contributed by atoms with E-state index in [4.69, 9.17) is 19.9 Å². The lowest BCUT2D eigenvalue weighted by molar-refractivity contribution is -0.169. The second kappa shape index (κ2) is 10.5. The van der Waals surface area contributed by atoms with Crippen LogP contribution in [0, 0.1) is 5.41 Å². The maximum absolute atomic E-state index is 14.2. The van der Waals surface area contributed by atoms with Gasteiger partial charge in [0.1, 0.15) is 17.7 Å². The number of nitrogens with one attached hydrogen (secondary N) is 2. The Labute approximate surface area is 246 Å². The van der Waals surface area contributed by atoms with Gasteiger partial charge in [-0.15, -0.1) is 0 Å². The van der Waals surface area contributed by atoms with Crippen LogP contribution in [-0.2, 0) is 26.3 Å². The van der Waals surface area contributed by atoms with E-state index in [0.29, 0.717) is 61.3 Å². The molecule has 4 aliphatic heterocycles. The average Bonchev–Trinajstić information content (AvgIpc) is 3.78. The number of halogens is 3. The summed E-state index contributed by atoms with van der Waals surface area (Å²) in [5.74, 6) is 1.47. The summed E-state index contributed by atoms with van der Waals surface area (Å²) in [6, 6.07) is -1.85. The van der Waals surface area contributed by atoms with Crippen molar-refractivity contribution in [1.82, 2.24) is 24.8 Å². The number of carbonyl (C=O) groups is 1. The van der Waals surface area contributed by atoms with E-state index in [2.05, 4.69) is 25.2 Å². The van der Waals surface area contributed by atoms with Crippen LogP contribution in [0.15, 0.2) is 12.4 Å². The number of amides is 1. The lowest BCUT2D eigenvalue weighted by atomic mass is 9.80. The molecule has 7 rings (SSSR count). The molecule has 2 bridgehead atoms. The van der Waals surface area contributed by atoms with E-state index in [-0.39, 0.29) is 43.4 Å². The molecule has 0 radical (unpaired) electrons. The minimum Gasteiger partial charge on any atom is -0.457 e. The quantitative estimate of drug-likeness (QED) is 0.387. The fourth-order valence-corrected chi connectivity index (χ4v) is 7.53. The number of morpholine rings is 1. The lowest BCUT2D eigenvalue weighted by Gasteiger charge is -2.34.